The quantitative estimate of drug-likeness (QED) is 0.862. The summed E-state index contributed by atoms with van der Waals surface area (Å²) in [5.74, 6) is -0.670. The summed E-state index contributed by atoms with van der Waals surface area (Å²) in [4.78, 5) is 15.1. The average molecular weight is 248 g/mol. The minimum absolute atomic E-state index is 0.131. The molecule has 15 heavy (non-hydrogen) atoms. The molecule has 1 heterocycles. The molecule has 0 aliphatic rings. The van der Waals surface area contributed by atoms with Gasteiger partial charge in [0.25, 0.3) is 5.91 Å². The van der Waals surface area contributed by atoms with Crippen LogP contribution in [0.1, 0.15) is 30.8 Å². The van der Waals surface area contributed by atoms with Gasteiger partial charge in [0.15, 0.2) is 0 Å². The molecule has 1 aromatic heterocycles. The van der Waals surface area contributed by atoms with Crippen molar-refractivity contribution in [1.29, 1.82) is 0 Å². The summed E-state index contributed by atoms with van der Waals surface area (Å²) in [6.45, 7) is 3.30. The van der Waals surface area contributed by atoms with E-state index in [0.29, 0.717) is 6.42 Å². The summed E-state index contributed by atoms with van der Waals surface area (Å²) >= 11 is 1.24. The van der Waals surface area contributed by atoms with Crippen LogP contribution in [-0.4, -0.2) is 24.6 Å². The van der Waals surface area contributed by atoms with Crippen LogP contribution in [0.4, 0.5) is 0 Å². The van der Waals surface area contributed by atoms with Crippen molar-refractivity contribution in [2.24, 2.45) is 0 Å². The molecule has 0 unspecified atom stereocenters. The molecule has 7 heteroatoms. The minimum atomic E-state index is -3.57. The molecule has 0 bridgehead atoms. The Hall–Kier alpha value is -0.950. The maximum absolute atomic E-state index is 11.5. The Labute approximate surface area is 92.6 Å². The van der Waals surface area contributed by atoms with E-state index in [1.807, 2.05) is 4.72 Å². The highest BCUT2D eigenvalue weighted by Gasteiger charge is 2.22. The first kappa shape index (κ1) is 12.1. The number of amides is 1. The van der Waals surface area contributed by atoms with Gasteiger partial charge in [-0.2, -0.15) is 0 Å². The summed E-state index contributed by atoms with van der Waals surface area (Å²) in [5.41, 5.74) is 1.61. The van der Waals surface area contributed by atoms with Crippen LogP contribution < -0.4 is 4.72 Å². The van der Waals surface area contributed by atoms with Gasteiger partial charge in [-0.25, -0.2) is 18.1 Å². The van der Waals surface area contributed by atoms with Crippen molar-refractivity contribution in [3.63, 3.8) is 0 Å². The third kappa shape index (κ3) is 3.00. The Bertz CT molecular complexity index is 425. The van der Waals surface area contributed by atoms with Crippen molar-refractivity contribution in [2.75, 3.05) is 0 Å². The first-order valence-corrected chi connectivity index (χ1v) is 6.90. The second-order valence-corrected chi connectivity index (χ2v) is 5.89. The normalized spacial score (nSPS) is 13.5. The first-order chi connectivity index (χ1) is 6.97. The molecule has 1 rings (SSSR count). The lowest BCUT2D eigenvalue weighted by Gasteiger charge is -2.10. The smallest absolute Gasteiger partial charge is 0.266 e. The van der Waals surface area contributed by atoms with Gasteiger partial charge in [0.2, 0.25) is 10.0 Å². The molecule has 0 saturated heterocycles. The van der Waals surface area contributed by atoms with Crippen LogP contribution in [0.5, 0.6) is 0 Å². The SMILES string of the molecule is CC[C@H](C)S(=O)(=O)NC(=O)c1cscn1. The van der Waals surface area contributed by atoms with Crippen LogP contribution in [0.2, 0.25) is 0 Å². The molecule has 1 atom stereocenters. The Morgan fingerprint density at radius 3 is 2.80 bits per heavy atom. The van der Waals surface area contributed by atoms with Crippen molar-refractivity contribution in [1.82, 2.24) is 9.71 Å². The molecule has 0 fully saturated rings. The monoisotopic (exact) mass is 248 g/mol. The Morgan fingerprint density at radius 1 is 1.67 bits per heavy atom. The van der Waals surface area contributed by atoms with Gasteiger partial charge in [0.1, 0.15) is 5.69 Å². The topological polar surface area (TPSA) is 76.1 Å². The standard InChI is InChI=1S/C8H12N2O3S2/c1-3-6(2)15(12,13)10-8(11)7-4-14-5-9-7/h4-6H,3H2,1-2H3,(H,10,11)/t6-/m0/s1. The van der Waals surface area contributed by atoms with Gasteiger partial charge >= 0.3 is 0 Å². The van der Waals surface area contributed by atoms with Crippen molar-refractivity contribution < 1.29 is 13.2 Å². The van der Waals surface area contributed by atoms with E-state index in [1.54, 1.807) is 13.8 Å². The molecule has 84 valence electrons. The van der Waals surface area contributed by atoms with E-state index < -0.39 is 21.2 Å². The Balaban J connectivity index is 2.75. The van der Waals surface area contributed by atoms with Gasteiger partial charge in [-0.05, 0) is 13.3 Å². The fourth-order valence-electron chi connectivity index (χ4n) is 0.826. The van der Waals surface area contributed by atoms with E-state index in [9.17, 15) is 13.2 Å². The lowest BCUT2D eigenvalue weighted by molar-refractivity contribution is 0.0977. The number of sulfonamides is 1. The number of nitrogens with one attached hydrogen (secondary N) is 1. The highest BCUT2D eigenvalue weighted by molar-refractivity contribution is 7.90. The summed E-state index contributed by atoms with van der Waals surface area (Å²) in [7, 11) is -3.57. The van der Waals surface area contributed by atoms with E-state index in [2.05, 4.69) is 4.98 Å². The van der Waals surface area contributed by atoms with Crippen LogP contribution >= 0.6 is 11.3 Å². The fraction of sp³-hybridized carbons (Fsp3) is 0.500. The number of hydrogen-bond donors (Lipinski definition) is 1. The van der Waals surface area contributed by atoms with E-state index in [-0.39, 0.29) is 5.69 Å². The molecule has 1 amide bonds. The third-order valence-electron chi connectivity index (χ3n) is 2.00. The number of thiazole rings is 1. The van der Waals surface area contributed by atoms with Gasteiger partial charge in [-0.1, -0.05) is 6.92 Å². The fourth-order valence-corrected chi connectivity index (χ4v) is 2.36. The molecule has 0 aliphatic heterocycles. The van der Waals surface area contributed by atoms with Crippen molar-refractivity contribution in [3.8, 4) is 0 Å². The molecule has 0 aromatic carbocycles. The van der Waals surface area contributed by atoms with Gasteiger partial charge in [-0.3, -0.25) is 4.79 Å². The summed E-state index contributed by atoms with van der Waals surface area (Å²) in [6, 6.07) is 0. The molecular formula is C8H12N2O3S2. The number of nitrogens with zero attached hydrogens (tertiary/aromatic N) is 1. The molecule has 0 saturated carbocycles. The first-order valence-electron chi connectivity index (χ1n) is 4.41. The van der Waals surface area contributed by atoms with Crippen LogP contribution in [0, 0.1) is 0 Å². The van der Waals surface area contributed by atoms with Crippen molar-refractivity contribution in [2.45, 2.75) is 25.5 Å². The molecule has 0 aliphatic carbocycles. The largest absolute Gasteiger partial charge is 0.284 e. The van der Waals surface area contributed by atoms with Crippen molar-refractivity contribution >= 4 is 27.3 Å². The predicted octanol–water partition coefficient (Wildman–Crippen LogP) is 1.00. The number of rotatable bonds is 4. The van der Waals surface area contributed by atoms with Gasteiger partial charge in [0, 0.05) is 5.38 Å². The van der Waals surface area contributed by atoms with Gasteiger partial charge in [-0.15, -0.1) is 11.3 Å². The number of hydrogen-bond acceptors (Lipinski definition) is 5. The zero-order chi connectivity index (χ0) is 11.5. The molecule has 5 nitrogen and oxygen atoms in total. The Morgan fingerprint density at radius 2 is 2.33 bits per heavy atom. The highest BCUT2D eigenvalue weighted by atomic mass is 32.2. The second kappa shape index (κ2) is 4.71. The molecule has 0 spiro atoms. The molecule has 0 radical (unpaired) electrons. The van der Waals surface area contributed by atoms with Crippen molar-refractivity contribution in [3.05, 3.63) is 16.6 Å². The summed E-state index contributed by atoms with van der Waals surface area (Å²) in [6.07, 6.45) is 0.458. The average Bonchev–Trinajstić information content (AvgIpc) is 2.68. The van der Waals surface area contributed by atoms with E-state index in [4.69, 9.17) is 0 Å². The van der Waals surface area contributed by atoms with Gasteiger partial charge in [0.05, 0.1) is 10.8 Å². The Kier molecular flexibility index (Phi) is 3.81. The molecular weight excluding hydrogens is 236 g/mol. The second-order valence-electron chi connectivity index (χ2n) is 3.07. The maximum atomic E-state index is 11.5. The lowest BCUT2D eigenvalue weighted by Crippen LogP contribution is -2.36. The van der Waals surface area contributed by atoms with Gasteiger partial charge < -0.3 is 0 Å². The predicted molar refractivity (Wildman–Crippen MR) is 58.3 cm³/mol. The van der Waals surface area contributed by atoms with E-state index >= 15 is 0 Å². The van der Waals surface area contributed by atoms with E-state index in [1.165, 1.54) is 22.2 Å². The number of carbonyl (C=O) groups excluding carboxylic acids is 1. The highest BCUT2D eigenvalue weighted by Crippen LogP contribution is 2.05. The lowest BCUT2D eigenvalue weighted by atomic mass is 10.4. The van der Waals surface area contributed by atoms with Crippen LogP contribution in [0.25, 0.3) is 0 Å². The maximum Gasteiger partial charge on any atom is 0.284 e. The van der Waals surface area contributed by atoms with E-state index in [0.717, 1.165) is 0 Å². The number of carbonyl (C=O) groups is 1. The summed E-state index contributed by atoms with van der Waals surface area (Å²) < 4.78 is 25.0. The third-order valence-corrected chi connectivity index (χ3v) is 4.45. The zero-order valence-electron chi connectivity index (χ0n) is 8.43. The summed E-state index contributed by atoms with van der Waals surface area (Å²) in [5, 5.41) is 0.918. The van der Waals surface area contributed by atoms with Crippen LogP contribution in [-0.2, 0) is 10.0 Å². The minimum Gasteiger partial charge on any atom is -0.266 e. The molecule has 1 N–H and O–H groups in total. The zero-order valence-corrected chi connectivity index (χ0v) is 10.1. The van der Waals surface area contributed by atoms with Crippen LogP contribution in [0.15, 0.2) is 10.9 Å². The number of aromatic nitrogens is 1. The molecule has 1 aromatic rings. The van der Waals surface area contributed by atoms with Crippen LogP contribution in [0.3, 0.4) is 0 Å².